The highest BCUT2D eigenvalue weighted by atomic mass is 16.5. The SMILES string of the molecule is CCCCCCCCCCCCC=C=CC(=O)OC. The molecule has 0 rings (SSSR count). The Morgan fingerprint density at radius 3 is 2.00 bits per heavy atom. The summed E-state index contributed by atoms with van der Waals surface area (Å²) in [6, 6.07) is 0. The van der Waals surface area contributed by atoms with Crippen molar-refractivity contribution >= 4 is 5.97 Å². The Hall–Kier alpha value is -1.01. The Morgan fingerprint density at radius 1 is 0.947 bits per heavy atom. The van der Waals surface area contributed by atoms with Crippen molar-refractivity contribution in [3.63, 3.8) is 0 Å². The van der Waals surface area contributed by atoms with Crippen LogP contribution in [0, 0.1) is 0 Å². The van der Waals surface area contributed by atoms with Crippen molar-refractivity contribution < 1.29 is 9.53 Å². The van der Waals surface area contributed by atoms with Gasteiger partial charge in [0, 0.05) is 0 Å². The molecule has 0 aliphatic rings. The zero-order valence-corrected chi connectivity index (χ0v) is 12.7. The average Bonchev–Trinajstić information content (AvgIpc) is 2.43. The van der Waals surface area contributed by atoms with Crippen molar-refractivity contribution in [2.45, 2.75) is 77.6 Å². The standard InChI is InChI=1S/C17H30O2/c1-3-4-5-6-7-8-9-10-11-12-13-14-15-16-17(18)19-2/h14,16H,3-13H2,1-2H3. The lowest BCUT2D eigenvalue weighted by molar-refractivity contribution is -0.134. The quantitative estimate of drug-likeness (QED) is 0.210. The molecule has 0 aliphatic carbocycles. The zero-order chi connectivity index (χ0) is 14.2. The highest BCUT2D eigenvalue weighted by molar-refractivity contribution is 5.81. The molecule has 0 aliphatic heterocycles. The number of unbranched alkanes of at least 4 members (excludes halogenated alkanes) is 10. The van der Waals surface area contributed by atoms with Gasteiger partial charge in [-0.15, -0.1) is 5.73 Å². The summed E-state index contributed by atoms with van der Waals surface area (Å²) in [4.78, 5) is 10.8. The summed E-state index contributed by atoms with van der Waals surface area (Å²) in [6.45, 7) is 2.26. The molecule has 0 aromatic carbocycles. The van der Waals surface area contributed by atoms with Gasteiger partial charge in [-0.2, -0.15) is 0 Å². The fourth-order valence-corrected chi connectivity index (χ4v) is 2.00. The van der Waals surface area contributed by atoms with Crippen molar-refractivity contribution in [3.05, 3.63) is 17.9 Å². The van der Waals surface area contributed by atoms with Crippen LogP contribution < -0.4 is 0 Å². The van der Waals surface area contributed by atoms with Crippen LogP contribution in [0.1, 0.15) is 77.6 Å². The summed E-state index contributed by atoms with van der Waals surface area (Å²) in [5, 5.41) is 0. The summed E-state index contributed by atoms with van der Waals surface area (Å²) in [5.74, 6) is -0.334. The van der Waals surface area contributed by atoms with E-state index in [0.29, 0.717) is 0 Å². The lowest BCUT2D eigenvalue weighted by Crippen LogP contribution is -1.92. The number of hydrogen-bond acceptors (Lipinski definition) is 2. The number of ether oxygens (including phenoxy) is 1. The molecule has 0 saturated carbocycles. The third kappa shape index (κ3) is 14.9. The van der Waals surface area contributed by atoms with E-state index in [4.69, 9.17) is 0 Å². The molecule has 0 unspecified atom stereocenters. The van der Waals surface area contributed by atoms with E-state index >= 15 is 0 Å². The molecule has 0 radical (unpaired) electrons. The van der Waals surface area contributed by atoms with Crippen molar-refractivity contribution in [1.82, 2.24) is 0 Å². The van der Waals surface area contributed by atoms with Gasteiger partial charge in [-0.1, -0.05) is 64.7 Å². The lowest BCUT2D eigenvalue weighted by Gasteiger charge is -2.00. The van der Waals surface area contributed by atoms with E-state index in [1.807, 2.05) is 6.08 Å². The third-order valence-corrected chi connectivity index (χ3v) is 3.22. The van der Waals surface area contributed by atoms with Gasteiger partial charge in [-0.25, -0.2) is 4.79 Å². The zero-order valence-electron chi connectivity index (χ0n) is 12.7. The minimum atomic E-state index is -0.334. The second kappa shape index (κ2) is 15.0. The molecule has 0 aromatic rings. The second-order valence-corrected chi connectivity index (χ2v) is 5.01. The van der Waals surface area contributed by atoms with Crippen LogP contribution in [0.4, 0.5) is 0 Å². The van der Waals surface area contributed by atoms with Gasteiger partial charge in [0.25, 0.3) is 0 Å². The first kappa shape index (κ1) is 18.0. The monoisotopic (exact) mass is 266 g/mol. The van der Waals surface area contributed by atoms with Gasteiger partial charge < -0.3 is 4.74 Å². The van der Waals surface area contributed by atoms with E-state index in [-0.39, 0.29) is 5.97 Å². The lowest BCUT2D eigenvalue weighted by atomic mass is 10.1. The predicted molar refractivity (Wildman–Crippen MR) is 81.1 cm³/mol. The van der Waals surface area contributed by atoms with Crippen molar-refractivity contribution in [2.75, 3.05) is 7.11 Å². The van der Waals surface area contributed by atoms with E-state index in [2.05, 4.69) is 17.4 Å². The fraction of sp³-hybridized carbons (Fsp3) is 0.765. The molecule has 2 nitrogen and oxygen atoms in total. The highest BCUT2D eigenvalue weighted by Gasteiger charge is 1.92. The van der Waals surface area contributed by atoms with Crippen LogP contribution in [0.3, 0.4) is 0 Å². The first-order chi connectivity index (χ1) is 9.31. The molecule has 0 aromatic heterocycles. The number of esters is 1. The average molecular weight is 266 g/mol. The largest absolute Gasteiger partial charge is 0.465 e. The Labute approximate surface area is 118 Å². The maximum absolute atomic E-state index is 10.8. The van der Waals surface area contributed by atoms with Gasteiger partial charge in [0.15, 0.2) is 0 Å². The number of rotatable bonds is 12. The summed E-state index contributed by atoms with van der Waals surface area (Å²) >= 11 is 0. The highest BCUT2D eigenvalue weighted by Crippen LogP contribution is 2.11. The van der Waals surface area contributed by atoms with Crippen LogP contribution in [-0.2, 0) is 9.53 Å². The maximum Gasteiger partial charge on any atom is 0.338 e. The van der Waals surface area contributed by atoms with Crippen LogP contribution in [0.25, 0.3) is 0 Å². The third-order valence-electron chi connectivity index (χ3n) is 3.22. The van der Waals surface area contributed by atoms with Crippen LogP contribution in [0.2, 0.25) is 0 Å². The number of carbonyl (C=O) groups is 1. The van der Waals surface area contributed by atoms with Gasteiger partial charge in [-0.3, -0.25) is 0 Å². The van der Waals surface area contributed by atoms with Gasteiger partial charge in [0.05, 0.1) is 13.2 Å². The molecule has 0 N–H and O–H groups in total. The molecule has 0 fully saturated rings. The fourth-order valence-electron chi connectivity index (χ4n) is 2.00. The second-order valence-electron chi connectivity index (χ2n) is 5.01. The number of hydrogen-bond donors (Lipinski definition) is 0. The maximum atomic E-state index is 10.8. The van der Waals surface area contributed by atoms with E-state index in [1.54, 1.807) is 0 Å². The summed E-state index contributed by atoms with van der Waals surface area (Å²) in [5.41, 5.74) is 2.84. The van der Waals surface area contributed by atoms with Crippen LogP contribution in [0.5, 0.6) is 0 Å². The minimum Gasteiger partial charge on any atom is -0.465 e. The van der Waals surface area contributed by atoms with E-state index < -0.39 is 0 Å². The molecule has 110 valence electrons. The van der Waals surface area contributed by atoms with Crippen LogP contribution in [-0.4, -0.2) is 13.1 Å². The van der Waals surface area contributed by atoms with Crippen LogP contribution >= 0.6 is 0 Å². The van der Waals surface area contributed by atoms with E-state index in [9.17, 15) is 4.79 Å². The first-order valence-corrected chi connectivity index (χ1v) is 7.80. The van der Waals surface area contributed by atoms with Crippen LogP contribution in [0.15, 0.2) is 17.9 Å². The molecular weight excluding hydrogens is 236 g/mol. The van der Waals surface area contributed by atoms with E-state index in [1.165, 1.54) is 77.4 Å². The first-order valence-electron chi connectivity index (χ1n) is 7.80. The molecule has 0 atom stereocenters. The van der Waals surface area contributed by atoms with E-state index in [0.717, 1.165) is 6.42 Å². The number of carbonyl (C=O) groups excluding carboxylic acids is 1. The molecule has 0 heterocycles. The van der Waals surface area contributed by atoms with Gasteiger partial charge in [-0.05, 0) is 18.9 Å². The Morgan fingerprint density at radius 2 is 1.47 bits per heavy atom. The summed E-state index contributed by atoms with van der Waals surface area (Å²) in [7, 11) is 1.38. The Bertz CT molecular complexity index is 262. The smallest absolute Gasteiger partial charge is 0.338 e. The molecule has 0 spiro atoms. The topological polar surface area (TPSA) is 26.3 Å². The van der Waals surface area contributed by atoms with Gasteiger partial charge >= 0.3 is 5.97 Å². The molecule has 19 heavy (non-hydrogen) atoms. The molecule has 0 amide bonds. The summed E-state index contributed by atoms with van der Waals surface area (Å²) < 4.78 is 4.48. The molecular formula is C17H30O2. The summed E-state index contributed by atoms with van der Waals surface area (Å²) in [6.07, 6.45) is 17.8. The normalized spacial score (nSPS) is 9.79. The predicted octanol–water partition coefficient (Wildman–Crippen LogP) is 5.18. The minimum absolute atomic E-state index is 0.334. The molecule has 0 bridgehead atoms. The van der Waals surface area contributed by atoms with Crippen molar-refractivity contribution in [2.24, 2.45) is 0 Å². The Balaban J connectivity index is 3.19. The number of methoxy groups -OCH3 is 1. The molecule has 0 saturated heterocycles. The van der Waals surface area contributed by atoms with Gasteiger partial charge in [0.2, 0.25) is 0 Å². The van der Waals surface area contributed by atoms with Crippen molar-refractivity contribution in [1.29, 1.82) is 0 Å². The Kier molecular flexibility index (Phi) is 14.2. The van der Waals surface area contributed by atoms with Crippen molar-refractivity contribution in [3.8, 4) is 0 Å². The van der Waals surface area contributed by atoms with Gasteiger partial charge in [0.1, 0.15) is 0 Å². The molecule has 2 heteroatoms.